The van der Waals surface area contributed by atoms with Gasteiger partial charge in [-0.2, -0.15) is 9.40 Å². The first-order valence-electron chi connectivity index (χ1n) is 12.4. The Labute approximate surface area is 272 Å². The van der Waals surface area contributed by atoms with E-state index in [1.807, 2.05) is 19.0 Å². The van der Waals surface area contributed by atoms with E-state index in [1.165, 1.54) is 29.3 Å². The number of aromatic carboxylic acids is 1. The Balaban J connectivity index is 0.00000420. The van der Waals surface area contributed by atoms with Crippen LogP contribution in [0.2, 0.25) is 0 Å². The van der Waals surface area contributed by atoms with Crippen molar-refractivity contribution in [2.75, 3.05) is 48.5 Å². The van der Waals surface area contributed by atoms with Gasteiger partial charge < -0.3 is 24.3 Å². The van der Waals surface area contributed by atoms with Gasteiger partial charge in [0.15, 0.2) is 0 Å². The molecule has 4 rings (SSSR count). The van der Waals surface area contributed by atoms with Crippen molar-refractivity contribution in [2.45, 2.75) is 30.6 Å². The first-order chi connectivity index (χ1) is 18.1. The van der Waals surface area contributed by atoms with Crippen molar-refractivity contribution in [3.8, 4) is 28.4 Å². The maximum absolute atomic E-state index is 13.6. The number of carbonyl (C=O) groups is 1. The normalized spacial score (nSPS) is 13.2. The number of benzene rings is 2. The Morgan fingerprint density at radius 1 is 1.00 bits per heavy atom. The van der Waals surface area contributed by atoms with Crippen LogP contribution in [-0.4, -0.2) is 81.8 Å². The molecule has 0 radical (unpaired) electrons. The predicted molar refractivity (Wildman–Crippen MR) is 141 cm³/mol. The van der Waals surface area contributed by atoms with Crippen molar-refractivity contribution >= 4 is 16.0 Å². The number of methoxy groups -OCH3 is 2. The minimum absolute atomic E-state index is 0. The Morgan fingerprint density at radius 2 is 1.62 bits per heavy atom. The van der Waals surface area contributed by atoms with Crippen LogP contribution in [-0.2, 0) is 22.9 Å². The minimum atomic E-state index is -3.73. The summed E-state index contributed by atoms with van der Waals surface area (Å²) in [5.41, 5.74) is 2.91. The molecule has 39 heavy (non-hydrogen) atoms. The Morgan fingerprint density at radius 3 is 2.18 bits per heavy atom. The fourth-order valence-electron chi connectivity index (χ4n) is 4.83. The number of carboxylic acids is 1. The molecule has 0 unspecified atom stereocenters. The maximum atomic E-state index is 13.6. The summed E-state index contributed by atoms with van der Waals surface area (Å²) in [7, 11) is 4.70. The summed E-state index contributed by atoms with van der Waals surface area (Å²) in [5, 5.41) is 16.2. The van der Waals surface area contributed by atoms with Crippen molar-refractivity contribution in [1.29, 1.82) is 0 Å². The molecular weight excluding hydrogens is 547 g/mol. The smallest absolute Gasteiger partial charge is 0.543 e. The Kier molecular flexibility index (Phi) is 10.8. The van der Waals surface area contributed by atoms with Crippen molar-refractivity contribution in [1.82, 2.24) is 19.0 Å². The van der Waals surface area contributed by atoms with Gasteiger partial charge in [-0.15, -0.1) is 0 Å². The molecule has 0 atom stereocenters. The SMILES string of the molecule is COc1cccc(OC)c1-c1cc(C(=O)[O-])nn1-c1ccc(S(=O)(=O)N(C)CCN(C)C)c2c1CCCC2.[K+]. The fourth-order valence-corrected chi connectivity index (χ4v) is 6.27. The van der Waals surface area contributed by atoms with Crippen LogP contribution >= 0.6 is 0 Å². The van der Waals surface area contributed by atoms with E-state index < -0.39 is 16.0 Å². The van der Waals surface area contributed by atoms with E-state index in [2.05, 4.69) is 5.10 Å². The zero-order valence-corrected chi connectivity index (χ0v) is 27.3. The van der Waals surface area contributed by atoms with E-state index >= 15 is 0 Å². The molecule has 0 aliphatic heterocycles. The van der Waals surface area contributed by atoms with Crippen molar-refractivity contribution in [3.05, 3.63) is 53.2 Å². The van der Waals surface area contributed by atoms with Crippen LogP contribution in [0.4, 0.5) is 0 Å². The standard InChI is InChI=1S/C27H34N4O6S.K/c1-29(2)15-16-30(3)38(34,35)25-14-13-21(18-9-6-7-10-19(18)25)31-22(17-20(28-31)27(32)33)26-23(36-4)11-8-12-24(26)37-5;/h8,11-14,17H,6-7,9-10,15-16H2,1-5H3,(H,32,33);/q;+1/p-1. The molecule has 0 bridgehead atoms. The number of rotatable bonds is 10. The quantitative estimate of drug-likeness (QED) is 0.280. The third-order valence-corrected chi connectivity index (χ3v) is 8.79. The molecule has 0 saturated carbocycles. The first kappa shape index (κ1) is 31.8. The van der Waals surface area contributed by atoms with Gasteiger partial charge in [-0.1, -0.05) is 6.07 Å². The van der Waals surface area contributed by atoms with E-state index in [1.54, 1.807) is 37.4 Å². The summed E-state index contributed by atoms with van der Waals surface area (Å²) < 4.78 is 41.2. The van der Waals surface area contributed by atoms with Gasteiger partial charge in [0, 0.05) is 20.1 Å². The summed E-state index contributed by atoms with van der Waals surface area (Å²) in [6.45, 7) is 0.955. The number of carbonyl (C=O) groups excluding carboxylic acids is 1. The topological polar surface area (TPSA) is 117 Å². The zero-order valence-electron chi connectivity index (χ0n) is 23.4. The van der Waals surface area contributed by atoms with Crippen LogP contribution in [0, 0.1) is 0 Å². The van der Waals surface area contributed by atoms with E-state index in [4.69, 9.17) is 9.47 Å². The second-order valence-electron chi connectivity index (χ2n) is 9.53. The van der Waals surface area contributed by atoms with E-state index in [-0.39, 0.29) is 62.0 Å². The first-order valence-corrected chi connectivity index (χ1v) is 13.8. The molecule has 10 nitrogen and oxygen atoms in total. The maximum Gasteiger partial charge on any atom is 1.00 e. The molecule has 0 N–H and O–H groups in total. The molecule has 1 aliphatic carbocycles. The van der Waals surface area contributed by atoms with Crippen molar-refractivity contribution in [3.63, 3.8) is 0 Å². The second-order valence-corrected chi connectivity index (χ2v) is 11.5. The largest absolute Gasteiger partial charge is 1.00 e. The van der Waals surface area contributed by atoms with Crippen molar-refractivity contribution in [2.24, 2.45) is 0 Å². The number of hydrogen-bond acceptors (Lipinski definition) is 8. The third kappa shape index (κ3) is 6.43. The monoisotopic (exact) mass is 580 g/mol. The van der Waals surface area contributed by atoms with Crippen LogP contribution < -0.4 is 66.0 Å². The number of carboxylic acid groups (broad SMARTS) is 1. The number of sulfonamides is 1. The van der Waals surface area contributed by atoms with Gasteiger partial charge in [-0.05, 0) is 81.2 Å². The molecule has 204 valence electrons. The van der Waals surface area contributed by atoms with Gasteiger partial charge in [0.05, 0.1) is 42.0 Å². The van der Waals surface area contributed by atoms with Crippen LogP contribution in [0.25, 0.3) is 16.9 Å². The number of likely N-dealkylation sites (N-methyl/N-ethyl adjacent to an activating group) is 2. The van der Waals surface area contributed by atoms with Crippen LogP contribution in [0.15, 0.2) is 41.3 Å². The molecule has 1 aliphatic rings. The summed E-state index contributed by atoms with van der Waals surface area (Å²) in [5.74, 6) is -0.466. The van der Waals surface area contributed by atoms with Crippen LogP contribution in [0.5, 0.6) is 11.5 Å². The summed E-state index contributed by atoms with van der Waals surface area (Å²) in [4.78, 5) is 14.1. The van der Waals surface area contributed by atoms with Gasteiger partial charge in [0.25, 0.3) is 0 Å². The van der Waals surface area contributed by atoms with Gasteiger partial charge in [-0.3, -0.25) is 0 Å². The van der Waals surface area contributed by atoms with Gasteiger partial charge in [-0.25, -0.2) is 13.1 Å². The Hall–Kier alpha value is -1.77. The molecular formula is C27H33KN4O6S. The van der Waals surface area contributed by atoms with Gasteiger partial charge in [0.2, 0.25) is 10.0 Å². The average molecular weight is 581 g/mol. The average Bonchev–Trinajstić information content (AvgIpc) is 3.35. The Bertz CT molecular complexity index is 1430. The minimum Gasteiger partial charge on any atom is -0.543 e. The molecule has 0 fully saturated rings. The van der Waals surface area contributed by atoms with E-state index in [9.17, 15) is 18.3 Å². The third-order valence-electron chi connectivity index (χ3n) is 6.85. The molecule has 12 heteroatoms. The van der Waals surface area contributed by atoms with Gasteiger partial charge in [0.1, 0.15) is 17.2 Å². The van der Waals surface area contributed by atoms with E-state index in [0.29, 0.717) is 54.4 Å². The van der Waals surface area contributed by atoms with Crippen LogP contribution in [0.1, 0.15) is 34.5 Å². The molecule has 2 aromatic carbocycles. The molecule has 1 aromatic heterocycles. The molecule has 0 amide bonds. The van der Waals surface area contributed by atoms with Crippen LogP contribution in [0.3, 0.4) is 0 Å². The number of ether oxygens (including phenoxy) is 2. The summed E-state index contributed by atoms with van der Waals surface area (Å²) in [6, 6.07) is 10.0. The fraction of sp³-hybridized carbons (Fsp3) is 0.407. The molecule has 0 spiro atoms. The summed E-state index contributed by atoms with van der Waals surface area (Å²) >= 11 is 0. The summed E-state index contributed by atoms with van der Waals surface area (Å²) in [6.07, 6.45) is 2.97. The van der Waals surface area contributed by atoms with Gasteiger partial charge >= 0.3 is 51.4 Å². The molecule has 3 aromatic rings. The zero-order chi connectivity index (χ0) is 27.6. The predicted octanol–water partition coefficient (Wildman–Crippen LogP) is -1.02. The number of fused-ring (bicyclic) bond motifs is 1. The number of aromatic nitrogens is 2. The second kappa shape index (κ2) is 13.3. The van der Waals surface area contributed by atoms with E-state index in [0.717, 1.165) is 24.0 Å². The van der Waals surface area contributed by atoms with Crippen molar-refractivity contribution < 1.29 is 79.2 Å². The molecule has 1 heterocycles. The number of nitrogens with zero attached hydrogens (tertiary/aromatic N) is 4. The number of hydrogen-bond donors (Lipinski definition) is 0. The molecule has 0 saturated heterocycles.